The number of rotatable bonds is 7. The van der Waals surface area contributed by atoms with Crippen LogP contribution in [0.1, 0.15) is 43.7 Å². The van der Waals surface area contributed by atoms with Gasteiger partial charge < -0.3 is 9.47 Å². The Morgan fingerprint density at radius 2 is 1.80 bits per heavy atom. The van der Waals surface area contributed by atoms with E-state index in [2.05, 4.69) is 6.92 Å². The van der Waals surface area contributed by atoms with Gasteiger partial charge in [-0.05, 0) is 78.6 Å². The van der Waals surface area contributed by atoms with Crippen molar-refractivity contribution in [2.45, 2.75) is 45.3 Å². The number of amidine groups is 1. The molecule has 1 heterocycles. The zero-order chi connectivity index (χ0) is 28.2. The summed E-state index contributed by atoms with van der Waals surface area (Å²) in [6, 6.07) is 18.7. The summed E-state index contributed by atoms with van der Waals surface area (Å²) in [4.78, 5) is 21.2. The third kappa shape index (κ3) is 6.46. The molecule has 0 aromatic heterocycles. The number of benzene rings is 3. The minimum Gasteiger partial charge on any atom is -0.493 e. The second-order valence-corrected chi connectivity index (χ2v) is 12.2. The third-order valence-corrected chi connectivity index (χ3v) is 9.00. The maximum atomic E-state index is 13.8. The molecule has 0 spiro atoms. The average Bonchev–Trinajstić information content (AvgIpc) is 3.23. The highest BCUT2D eigenvalue weighted by molar-refractivity contribution is 8.18. The maximum absolute atomic E-state index is 13.8. The topological polar surface area (TPSA) is 51.1 Å². The van der Waals surface area contributed by atoms with Crippen molar-refractivity contribution in [1.82, 2.24) is 4.90 Å². The Kier molecular flexibility index (Phi) is 9.31. The number of nitrogens with zero attached hydrogens (tertiary/aromatic N) is 2. The quantitative estimate of drug-likeness (QED) is 0.249. The fourth-order valence-electron chi connectivity index (χ4n) is 5.05. The number of carbonyl (C=O) groups is 1. The molecule has 1 amide bonds. The normalized spacial score (nSPS) is 21.3. The van der Waals surface area contributed by atoms with Gasteiger partial charge in [0.25, 0.3) is 5.91 Å². The molecule has 0 bridgehead atoms. The Balaban J connectivity index is 1.44. The van der Waals surface area contributed by atoms with Gasteiger partial charge in [0.2, 0.25) is 0 Å². The third-order valence-electron chi connectivity index (χ3n) is 7.15. The van der Waals surface area contributed by atoms with E-state index in [0.717, 1.165) is 36.1 Å². The van der Waals surface area contributed by atoms with Gasteiger partial charge in [-0.25, -0.2) is 4.99 Å². The zero-order valence-corrected chi connectivity index (χ0v) is 25.3. The molecule has 0 radical (unpaired) electrons. The predicted molar refractivity (Wildman–Crippen MR) is 166 cm³/mol. The van der Waals surface area contributed by atoms with Gasteiger partial charge in [0.15, 0.2) is 16.7 Å². The Bertz CT molecular complexity index is 1460. The van der Waals surface area contributed by atoms with Crippen LogP contribution in [0.5, 0.6) is 11.5 Å². The number of hydrogen-bond acceptors (Lipinski definition) is 5. The fourth-order valence-corrected chi connectivity index (χ4v) is 6.84. The molecule has 2 fully saturated rings. The van der Waals surface area contributed by atoms with Crippen molar-refractivity contribution in [2.24, 2.45) is 10.9 Å². The highest BCUT2D eigenvalue weighted by Crippen LogP contribution is 2.42. The monoisotopic (exact) mass is 614 g/mol. The summed E-state index contributed by atoms with van der Waals surface area (Å²) < 4.78 is 11.6. The van der Waals surface area contributed by atoms with E-state index >= 15 is 0 Å². The number of methoxy groups -OCH3 is 1. The van der Waals surface area contributed by atoms with Crippen LogP contribution < -0.4 is 9.47 Å². The fraction of sp³-hybridized carbons (Fsp3) is 0.290. The van der Waals surface area contributed by atoms with Gasteiger partial charge in [-0.3, -0.25) is 9.69 Å². The van der Waals surface area contributed by atoms with Crippen LogP contribution >= 0.6 is 46.6 Å². The Morgan fingerprint density at radius 1 is 1.02 bits per heavy atom. The summed E-state index contributed by atoms with van der Waals surface area (Å²) in [5.74, 6) is 1.22. The van der Waals surface area contributed by atoms with Crippen LogP contribution in [0.2, 0.25) is 15.1 Å². The van der Waals surface area contributed by atoms with Crippen LogP contribution in [0, 0.1) is 5.92 Å². The second-order valence-electron chi connectivity index (χ2n) is 9.90. The summed E-state index contributed by atoms with van der Waals surface area (Å²) in [5, 5.41) is 2.13. The van der Waals surface area contributed by atoms with Crippen LogP contribution in [0.3, 0.4) is 0 Å². The molecular weight excluding hydrogens is 587 g/mol. The van der Waals surface area contributed by atoms with Gasteiger partial charge in [-0.2, -0.15) is 0 Å². The summed E-state index contributed by atoms with van der Waals surface area (Å²) in [5.41, 5.74) is 2.32. The highest BCUT2D eigenvalue weighted by Gasteiger charge is 2.41. The molecule has 3 aromatic carbocycles. The van der Waals surface area contributed by atoms with Crippen molar-refractivity contribution < 1.29 is 14.3 Å². The van der Waals surface area contributed by atoms with Gasteiger partial charge in [-0.1, -0.05) is 78.8 Å². The number of halogens is 3. The van der Waals surface area contributed by atoms with E-state index in [0.29, 0.717) is 42.6 Å². The molecule has 9 heteroatoms. The molecule has 5 rings (SSSR count). The van der Waals surface area contributed by atoms with Gasteiger partial charge in [0.05, 0.1) is 22.7 Å². The number of aliphatic imine (C=N–C) groups is 1. The number of amides is 1. The first-order valence-corrected chi connectivity index (χ1v) is 15.1. The van der Waals surface area contributed by atoms with Crippen LogP contribution in [0.15, 0.2) is 70.6 Å². The summed E-state index contributed by atoms with van der Waals surface area (Å²) in [7, 11) is 1.55. The van der Waals surface area contributed by atoms with Crippen molar-refractivity contribution in [3.05, 3.63) is 91.8 Å². The molecule has 1 saturated carbocycles. The van der Waals surface area contributed by atoms with E-state index in [4.69, 9.17) is 49.3 Å². The molecule has 40 heavy (non-hydrogen) atoms. The Morgan fingerprint density at radius 3 is 2.52 bits per heavy atom. The molecule has 5 nitrogen and oxygen atoms in total. The number of para-hydroxylation sites is 1. The van der Waals surface area contributed by atoms with Crippen LogP contribution in [0.25, 0.3) is 6.08 Å². The highest BCUT2D eigenvalue weighted by atomic mass is 35.5. The van der Waals surface area contributed by atoms with E-state index in [1.807, 2.05) is 47.4 Å². The van der Waals surface area contributed by atoms with E-state index in [-0.39, 0.29) is 18.6 Å². The molecule has 2 atom stereocenters. The lowest BCUT2D eigenvalue weighted by molar-refractivity contribution is -0.124. The zero-order valence-electron chi connectivity index (χ0n) is 22.2. The lowest BCUT2D eigenvalue weighted by atomic mass is 9.85. The smallest absolute Gasteiger partial charge is 0.267 e. The molecule has 1 aliphatic heterocycles. The molecule has 2 aliphatic rings. The SMILES string of the molecule is COc1cc(/C=C2\SC(=Nc3ccccc3)N([C@@H]3CCCC[C@@H]3C)C2=O)cc(Cl)c1OCc1ccc(Cl)cc1Cl. The molecule has 3 aromatic rings. The van der Waals surface area contributed by atoms with E-state index < -0.39 is 0 Å². The summed E-state index contributed by atoms with van der Waals surface area (Å²) >= 11 is 20.4. The van der Waals surface area contributed by atoms with Crippen molar-refractivity contribution in [1.29, 1.82) is 0 Å². The van der Waals surface area contributed by atoms with Gasteiger partial charge in [0.1, 0.15) is 6.61 Å². The minimum absolute atomic E-state index is 0.0359. The number of thioether (sulfide) groups is 1. The van der Waals surface area contributed by atoms with Crippen molar-refractivity contribution in [3.8, 4) is 11.5 Å². The van der Waals surface area contributed by atoms with Gasteiger partial charge in [0, 0.05) is 21.7 Å². The lowest BCUT2D eigenvalue weighted by Gasteiger charge is -2.35. The van der Waals surface area contributed by atoms with E-state index in [9.17, 15) is 4.79 Å². The van der Waals surface area contributed by atoms with Crippen molar-refractivity contribution in [2.75, 3.05) is 7.11 Å². The molecule has 1 aliphatic carbocycles. The van der Waals surface area contributed by atoms with Crippen LogP contribution in [-0.4, -0.2) is 29.1 Å². The molecule has 208 valence electrons. The first kappa shape index (κ1) is 28.9. The predicted octanol–water partition coefficient (Wildman–Crippen LogP) is 9.42. The molecule has 0 unspecified atom stereocenters. The lowest BCUT2D eigenvalue weighted by Crippen LogP contribution is -2.44. The van der Waals surface area contributed by atoms with Crippen molar-refractivity contribution in [3.63, 3.8) is 0 Å². The Hall–Kier alpha value is -2.64. The van der Waals surface area contributed by atoms with Crippen LogP contribution in [0.4, 0.5) is 5.69 Å². The molecule has 0 N–H and O–H groups in total. The van der Waals surface area contributed by atoms with Gasteiger partial charge in [-0.15, -0.1) is 0 Å². The average molecular weight is 616 g/mol. The van der Waals surface area contributed by atoms with E-state index in [1.165, 1.54) is 18.2 Å². The number of hydrogen-bond donors (Lipinski definition) is 0. The number of ether oxygens (including phenoxy) is 2. The summed E-state index contributed by atoms with van der Waals surface area (Å²) in [6.07, 6.45) is 6.22. The van der Waals surface area contributed by atoms with E-state index in [1.54, 1.807) is 31.4 Å². The van der Waals surface area contributed by atoms with Crippen molar-refractivity contribution >= 4 is 69.4 Å². The first-order chi connectivity index (χ1) is 19.3. The standard InChI is InChI=1S/C31H29Cl3N2O3S/c1-19-8-6-7-11-26(19)36-30(37)28(40-31(36)35-23-9-4-3-5-10-23)16-20-14-25(34)29(27(15-20)38-2)39-18-21-12-13-22(32)17-24(21)33/h3-5,9-10,12-17,19,26H,6-8,11,18H2,1-2H3/b28-16-,35-31?/t19-,26+/m0/s1. The maximum Gasteiger partial charge on any atom is 0.267 e. The Labute approximate surface area is 254 Å². The first-order valence-electron chi connectivity index (χ1n) is 13.1. The van der Waals surface area contributed by atoms with Gasteiger partial charge >= 0.3 is 0 Å². The number of carbonyl (C=O) groups excluding carboxylic acids is 1. The second kappa shape index (κ2) is 12.9. The molecular formula is C31H29Cl3N2O3S. The largest absolute Gasteiger partial charge is 0.493 e. The minimum atomic E-state index is -0.0359. The summed E-state index contributed by atoms with van der Waals surface area (Å²) in [6.45, 7) is 2.42. The van der Waals surface area contributed by atoms with Crippen LogP contribution in [-0.2, 0) is 11.4 Å². The molecule has 1 saturated heterocycles.